The monoisotopic (exact) mass is 377 g/mol. The van der Waals surface area contributed by atoms with Gasteiger partial charge in [-0.25, -0.2) is 8.42 Å². The minimum atomic E-state index is -3.87. The molecule has 0 aliphatic heterocycles. The molecule has 1 saturated carbocycles. The number of amides is 1. The average molecular weight is 377 g/mol. The van der Waals surface area contributed by atoms with Gasteiger partial charge in [-0.2, -0.15) is 4.72 Å². The van der Waals surface area contributed by atoms with E-state index in [0.717, 1.165) is 12.8 Å². The van der Waals surface area contributed by atoms with Crippen LogP contribution in [0.5, 0.6) is 0 Å². The van der Waals surface area contributed by atoms with Crippen LogP contribution >= 0.6 is 0 Å². The van der Waals surface area contributed by atoms with Gasteiger partial charge in [-0.05, 0) is 54.8 Å². The molecule has 0 unspecified atom stereocenters. The van der Waals surface area contributed by atoms with E-state index in [1.807, 2.05) is 13.8 Å². The predicted molar refractivity (Wildman–Crippen MR) is 99.3 cm³/mol. The van der Waals surface area contributed by atoms with E-state index in [1.165, 1.54) is 18.2 Å². The number of hydrogen-bond acceptors (Lipinski definition) is 4. The Bertz CT molecular complexity index is 977. The van der Waals surface area contributed by atoms with Gasteiger partial charge in [0, 0.05) is 17.6 Å². The first-order valence-corrected chi connectivity index (χ1v) is 10.2. The number of aromatic nitrogens is 1. The summed E-state index contributed by atoms with van der Waals surface area (Å²) in [5, 5.41) is 3.47. The van der Waals surface area contributed by atoms with Crippen molar-refractivity contribution in [2.24, 2.45) is 5.92 Å². The summed E-state index contributed by atoms with van der Waals surface area (Å²) in [6.45, 7) is 3.89. The lowest BCUT2D eigenvalue weighted by atomic mass is 10.0. The van der Waals surface area contributed by atoms with Crippen LogP contribution in [0.4, 0.5) is 0 Å². The minimum Gasteiger partial charge on any atom is -0.352 e. The quantitative estimate of drug-likeness (QED) is 0.679. The molecule has 140 valence electrons. The number of rotatable bonds is 7. The number of aromatic amines is 1. The van der Waals surface area contributed by atoms with Crippen molar-refractivity contribution in [1.29, 1.82) is 0 Å². The summed E-state index contributed by atoms with van der Waals surface area (Å²) in [6, 6.07) is 6.72. The number of hydrogen-bond donors (Lipinski definition) is 3. The first-order chi connectivity index (χ1) is 12.2. The molecule has 0 spiro atoms. The van der Waals surface area contributed by atoms with Crippen molar-refractivity contribution < 1.29 is 13.2 Å². The molecule has 1 amide bonds. The van der Waals surface area contributed by atoms with Crippen LogP contribution in [0, 0.1) is 5.92 Å². The van der Waals surface area contributed by atoms with Gasteiger partial charge in [0.25, 0.3) is 0 Å². The van der Waals surface area contributed by atoms with E-state index in [9.17, 15) is 18.0 Å². The van der Waals surface area contributed by atoms with Crippen molar-refractivity contribution in [3.8, 4) is 0 Å². The summed E-state index contributed by atoms with van der Waals surface area (Å²) in [4.78, 5) is 26.5. The molecule has 1 aromatic heterocycles. The van der Waals surface area contributed by atoms with E-state index in [1.54, 1.807) is 12.1 Å². The van der Waals surface area contributed by atoms with Crippen molar-refractivity contribution in [2.45, 2.75) is 50.1 Å². The number of carbonyl (C=O) groups is 1. The Morgan fingerprint density at radius 2 is 1.96 bits per heavy atom. The van der Waals surface area contributed by atoms with Crippen LogP contribution in [0.25, 0.3) is 10.9 Å². The van der Waals surface area contributed by atoms with Crippen molar-refractivity contribution >= 4 is 26.8 Å². The highest BCUT2D eigenvalue weighted by Gasteiger charge is 2.31. The van der Waals surface area contributed by atoms with Gasteiger partial charge in [0.2, 0.25) is 21.5 Å². The SMILES string of the molecule is CC(C)C[C@H](NS(=O)(=O)c1ccc2[nH]c(=O)ccc2c1)C(=O)NC1CC1. The van der Waals surface area contributed by atoms with E-state index < -0.39 is 16.1 Å². The fraction of sp³-hybridized carbons (Fsp3) is 0.444. The summed E-state index contributed by atoms with van der Waals surface area (Å²) in [7, 11) is -3.87. The molecular weight excluding hydrogens is 354 g/mol. The predicted octanol–water partition coefficient (Wildman–Crippen LogP) is 1.50. The van der Waals surface area contributed by atoms with Gasteiger partial charge in [0.05, 0.1) is 4.90 Å². The Hall–Kier alpha value is -2.19. The Labute approximate surface area is 152 Å². The van der Waals surface area contributed by atoms with Crippen LogP contribution < -0.4 is 15.6 Å². The van der Waals surface area contributed by atoms with Crippen molar-refractivity contribution in [1.82, 2.24) is 15.0 Å². The third-order valence-electron chi connectivity index (χ3n) is 4.25. The molecular formula is C18H23N3O4S. The number of sulfonamides is 1. The molecule has 2 aromatic rings. The molecule has 1 aliphatic carbocycles. The zero-order valence-corrected chi connectivity index (χ0v) is 15.6. The maximum absolute atomic E-state index is 12.8. The lowest BCUT2D eigenvalue weighted by Crippen LogP contribution is -2.47. The van der Waals surface area contributed by atoms with Crippen LogP contribution in [0.2, 0.25) is 0 Å². The highest BCUT2D eigenvalue weighted by molar-refractivity contribution is 7.89. The highest BCUT2D eigenvalue weighted by atomic mass is 32.2. The van der Waals surface area contributed by atoms with E-state index in [0.29, 0.717) is 17.3 Å². The van der Waals surface area contributed by atoms with Crippen molar-refractivity contribution in [3.05, 3.63) is 40.7 Å². The third-order valence-corrected chi connectivity index (χ3v) is 5.72. The van der Waals surface area contributed by atoms with Gasteiger partial charge in [-0.15, -0.1) is 0 Å². The fourth-order valence-electron chi connectivity index (χ4n) is 2.76. The third kappa shape index (κ3) is 4.50. The first kappa shape index (κ1) is 18.6. The molecule has 3 N–H and O–H groups in total. The molecule has 1 aliphatic rings. The molecule has 1 aromatic carbocycles. The number of fused-ring (bicyclic) bond motifs is 1. The molecule has 26 heavy (non-hydrogen) atoms. The van der Waals surface area contributed by atoms with Gasteiger partial charge in [-0.1, -0.05) is 13.8 Å². The molecule has 1 heterocycles. The van der Waals surface area contributed by atoms with Gasteiger partial charge in [0.1, 0.15) is 6.04 Å². The maximum Gasteiger partial charge on any atom is 0.248 e. The molecule has 3 rings (SSSR count). The minimum absolute atomic E-state index is 0.0602. The number of nitrogens with one attached hydrogen (secondary N) is 3. The van der Waals surface area contributed by atoms with Gasteiger partial charge >= 0.3 is 0 Å². The zero-order valence-electron chi connectivity index (χ0n) is 14.8. The fourth-order valence-corrected chi connectivity index (χ4v) is 4.01. The van der Waals surface area contributed by atoms with E-state index in [4.69, 9.17) is 0 Å². The Morgan fingerprint density at radius 3 is 2.62 bits per heavy atom. The standard InChI is InChI=1S/C18H23N3O4S/c1-11(2)9-16(18(23)19-13-4-5-13)21-26(24,25)14-6-7-15-12(10-14)3-8-17(22)20-15/h3,6-8,10-11,13,16,21H,4-5,9H2,1-2H3,(H,19,23)(H,20,22)/t16-/m0/s1. The lowest BCUT2D eigenvalue weighted by Gasteiger charge is -2.20. The normalized spacial score (nSPS) is 16.0. The Morgan fingerprint density at radius 1 is 1.23 bits per heavy atom. The number of H-pyrrole nitrogens is 1. The largest absolute Gasteiger partial charge is 0.352 e. The van der Waals surface area contributed by atoms with E-state index in [2.05, 4.69) is 15.0 Å². The number of benzene rings is 1. The Balaban J connectivity index is 1.85. The molecule has 0 bridgehead atoms. The molecule has 1 atom stereocenters. The first-order valence-electron chi connectivity index (χ1n) is 8.70. The van der Waals surface area contributed by atoms with Crippen LogP contribution in [-0.4, -0.2) is 31.4 Å². The topological polar surface area (TPSA) is 108 Å². The average Bonchev–Trinajstić information content (AvgIpc) is 3.37. The van der Waals surface area contributed by atoms with Gasteiger partial charge in [-0.3, -0.25) is 9.59 Å². The molecule has 8 heteroatoms. The van der Waals surface area contributed by atoms with Crippen LogP contribution in [0.1, 0.15) is 33.1 Å². The smallest absolute Gasteiger partial charge is 0.248 e. The molecule has 0 radical (unpaired) electrons. The summed E-state index contributed by atoms with van der Waals surface area (Å²) >= 11 is 0. The Kier molecular flexibility index (Phi) is 5.15. The number of carbonyl (C=O) groups excluding carboxylic acids is 1. The van der Waals surface area contributed by atoms with Crippen molar-refractivity contribution in [2.75, 3.05) is 0 Å². The molecule has 1 fully saturated rings. The summed E-state index contributed by atoms with van der Waals surface area (Å²) < 4.78 is 28.1. The second-order valence-electron chi connectivity index (χ2n) is 7.16. The zero-order chi connectivity index (χ0) is 18.9. The number of pyridine rings is 1. The van der Waals surface area contributed by atoms with Gasteiger partial charge in [0.15, 0.2) is 0 Å². The van der Waals surface area contributed by atoms with Crippen molar-refractivity contribution in [3.63, 3.8) is 0 Å². The van der Waals surface area contributed by atoms with E-state index in [-0.39, 0.29) is 28.3 Å². The second kappa shape index (κ2) is 7.20. The van der Waals surface area contributed by atoms with Crippen LogP contribution in [0.15, 0.2) is 40.0 Å². The molecule has 7 nitrogen and oxygen atoms in total. The molecule has 0 saturated heterocycles. The van der Waals surface area contributed by atoms with Crippen LogP contribution in [-0.2, 0) is 14.8 Å². The summed E-state index contributed by atoms with van der Waals surface area (Å²) in [5.41, 5.74) is 0.307. The van der Waals surface area contributed by atoms with E-state index >= 15 is 0 Å². The maximum atomic E-state index is 12.8. The highest BCUT2D eigenvalue weighted by Crippen LogP contribution is 2.21. The second-order valence-corrected chi connectivity index (χ2v) is 8.87. The summed E-state index contributed by atoms with van der Waals surface area (Å²) in [6.07, 6.45) is 2.30. The van der Waals surface area contributed by atoms with Crippen LogP contribution in [0.3, 0.4) is 0 Å². The van der Waals surface area contributed by atoms with Gasteiger partial charge < -0.3 is 10.3 Å². The lowest BCUT2D eigenvalue weighted by molar-refractivity contribution is -0.123. The summed E-state index contributed by atoms with van der Waals surface area (Å²) in [5.74, 6) is -0.121.